The average molecular weight is 426 g/mol. The maximum absolute atomic E-state index is 12.5. The van der Waals surface area contributed by atoms with E-state index in [-0.39, 0.29) is 15.9 Å². The molecule has 152 valence electrons. The topological polar surface area (TPSA) is 119 Å². The third-order valence-corrected chi connectivity index (χ3v) is 6.99. The van der Waals surface area contributed by atoms with E-state index in [0.29, 0.717) is 5.69 Å². The van der Waals surface area contributed by atoms with Crippen LogP contribution < -0.4 is 14.8 Å². The molecule has 28 heavy (non-hydrogen) atoms. The van der Waals surface area contributed by atoms with Gasteiger partial charge in [-0.25, -0.2) is 22.0 Å². The molecule has 1 heterocycles. The fourth-order valence-electron chi connectivity index (χ4n) is 3.13. The number of hydrogen-bond donors (Lipinski definition) is 2. The first-order valence-electron chi connectivity index (χ1n) is 8.72. The van der Waals surface area contributed by atoms with Crippen molar-refractivity contribution < 1.29 is 21.6 Å². The maximum Gasteiger partial charge on any atom is 0.261 e. The van der Waals surface area contributed by atoms with Gasteiger partial charge in [-0.05, 0) is 61.4 Å². The molecule has 3 rings (SSSR count). The first-order chi connectivity index (χ1) is 13.2. The van der Waals surface area contributed by atoms with Gasteiger partial charge >= 0.3 is 0 Å². The predicted molar refractivity (Wildman–Crippen MR) is 107 cm³/mol. The van der Waals surface area contributed by atoms with E-state index >= 15 is 0 Å². The molecule has 8 nitrogen and oxygen atoms in total. The minimum Gasteiger partial charge on any atom is -0.380 e. The number of ether oxygens (including phenoxy) is 1. The fourth-order valence-corrected chi connectivity index (χ4v) is 4.70. The van der Waals surface area contributed by atoms with Crippen LogP contribution in [0.4, 0.5) is 11.4 Å². The third-order valence-electron chi connectivity index (χ3n) is 4.66. The lowest BCUT2D eigenvalue weighted by atomic mass is 10.1. The highest BCUT2D eigenvalue weighted by Gasteiger charge is 2.20. The number of nitrogens with two attached hydrogens (primary N) is 1. The largest absolute Gasteiger partial charge is 0.380 e. The molecular weight excluding hydrogens is 402 g/mol. The van der Waals surface area contributed by atoms with Crippen molar-refractivity contribution >= 4 is 31.4 Å². The van der Waals surface area contributed by atoms with Gasteiger partial charge in [0.2, 0.25) is 10.0 Å². The number of hydrogen-bond acceptors (Lipinski definition) is 6. The van der Waals surface area contributed by atoms with Crippen molar-refractivity contribution in [1.29, 1.82) is 0 Å². The molecule has 2 aromatic carbocycles. The van der Waals surface area contributed by atoms with Crippen molar-refractivity contribution in [1.82, 2.24) is 0 Å². The van der Waals surface area contributed by atoms with Crippen molar-refractivity contribution in [3.8, 4) is 0 Å². The Morgan fingerprint density at radius 3 is 2.18 bits per heavy atom. The molecule has 3 N–H and O–H groups in total. The van der Waals surface area contributed by atoms with Gasteiger partial charge in [0, 0.05) is 31.6 Å². The van der Waals surface area contributed by atoms with Gasteiger partial charge in [0.1, 0.15) is 0 Å². The van der Waals surface area contributed by atoms with Gasteiger partial charge in [0.05, 0.1) is 15.9 Å². The zero-order valence-corrected chi connectivity index (χ0v) is 17.0. The van der Waals surface area contributed by atoms with Crippen LogP contribution in [-0.4, -0.2) is 43.1 Å². The van der Waals surface area contributed by atoms with Crippen LogP contribution in [0.15, 0.2) is 58.3 Å². The van der Waals surface area contributed by atoms with Gasteiger partial charge in [-0.3, -0.25) is 4.72 Å². The van der Waals surface area contributed by atoms with Crippen LogP contribution in [0, 0.1) is 0 Å². The Kier molecular flexibility index (Phi) is 5.94. The van der Waals surface area contributed by atoms with Crippen molar-refractivity contribution in [3.63, 3.8) is 0 Å². The molecule has 10 heteroatoms. The van der Waals surface area contributed by atoms with Crippen molar-refractivity contribution in [2.24, 2.45) is 5.14 Å². The lowest BCUT2D eigenvalue weighted by Gasteiger charge is -2.33. The van der Waals surface area contributed by atoms with E-state index in [2.05, 4.69) is 9.62 Å². The molecule has 0 amide bonds. The van der Waals surface area contributed by atoms with Crippen LogP contribution >= 0.6 is 0 Å². The number of nitrogens with zero attached hydrogens (tertiary/aromatic N) is 1. The first-order valence-corrected chi connectivity index (χ1v) is 11.8. The highest BCUT2D eigenvalue weighted by atomic mass is 32.2. The van der Waals surface area contributed by atoms with Gasteiger partial charge in [-0.1, -0.05) is 0 Å². The van der Waals surface area contributed by atoms with Gasteiger partial charge in [-0.2, -0.15) is 0 Å². The van der Waals surface area contributed by atoms with E-state index in [0.717, 1.165) is 43.8 Å². The fraction of sp³-hybridized carbons (Fsp3) is 0.333. The van der Waals surface area contributed by atoms with Crippen LogP contribution in [0.2, 0.25) is 0 Å². The smallest absolute Gasteiger partial charge is 0.261 e. The number of nitrogens with one attached hydrogen (secondary N) is 1. The lowest BCUT2D eigenvalue weighted by molar-refractivity contribution is 0.0893. The zero-order chi connectivity index (χ0) is 20.4. The maximum atomic E-state index is 12.5. The van der Waals surface area contributed by atoms with E-state index < -0.39 is 20.0 Å². The predicted octanol–water partition coefficient (Wildman–Crippen LogP) is 1.75. The molecule has 1 unspecified atom stereocenters. The summed E-state index contributed by atoms with van der Waals surface area (Å²) in [6.07, 6.45) is 2.28. The van der Waals surface area contributed by atoms with Crippen molar-refractivity contribution in [3.05, 3.63) is 48.5 Å². The minimum atomic E-state index is -3.87. The van der Waals surface area contributed by atoms with Gasteiger partial charge in [0.15, 0.2) is 0 Å². The molecule has 0 radical (unpaired) electrons. The van der Waals surface area contributed by atoms with Crippen LogP contribution in [0.3, 0.4) is 0 Å². The molecule has 1 saturated heterocycles. The third kappa shape index (κ3) is 4.82. The second kappa shape index (κ2) is 8.08. The summed E-state index contributed by atoms with van der Waals surface area (Å²) in [5, 5.41) is 5.03. The number of sulfonamides is 2. The van der Waals surface area contributed by atoms with Crippen LogP contribution in [0.1, 0.15) is 12.8 Å². The monoisotopic (exact) mass is 425 g/mol. The molecule has 1 fully saturated rings. The van der Waals surface area contributed by atoms with Crippen molar-refractivity contribution in [2.45, 2.75) is 28.7 Å². The molecule has 1 aliphatic rings. The van der Waals surface area contributed by atoms with Crippen molar-refractivity contribution in [2.75, 3.05) is 29.8 Å². The number of piperidine rings is 1. The number of benzene rings is 2. The summed E-state index contributed by atoms with van der Waals surface area (Å²) in [5.41, 5.74) is 1.42. The summed E-state index contributed by atoms with van der Waals surface area (Å²) in [4.78, 5) is 2.01. The van der Waals surface area contributed by atoms with Gasteiger partial charge < -0.3 is 9.64 Å². The Labute approximate surface area is 165 Å². The Morgan fingerprint density at radius 2 is 1.61 bits per heavy atom. The Morgan fingerprint density at radius 1 is 1.00 bits per heavy atom. The van der Waals surface area contributed by atoms with Gasteiger partial charge in [-0.15, -0.1) is 0 Å². The second-order valence-electron chi connectivity index (χ2n) is 6.61. The van der Waals surface area contributed by atoms with E-state index in [9.17, 15) is 16.8 Å². The molecule has 0 aliphatic carbocycles. The van der Waals surface area contributed by atoms with Crippen LogP contribution in [0.25, 0.3) is 0 Å². The number of rotatable bonds is 6. The van der Waals surface area contributed by atoms with E-state index in [1.165, 1.54) is 12.1 Å². The highest BCUT2D eigenvalue weighted by molar-refractivity contribution is 7.92. The summed E-state index contributed by atoms with van der Waals surface area (Å²) in [6.45, 7) is 1.74. The second-order valence-corrected chi connectivity index (χ2v) is 9.86. The zero-order valence-electron chi connectivity index (χ0n) is 15.4. The number of anilines is 2. The van der Waals surface area contributed by atoms with Crippen LogP contribution in [-0.2, 0) is 24.8 Å². The molecule has 1 aliphatic heterocycles. The molecule has 0 spiro atoms. The van der Waals surface area contributed by atoms with E-state index in [1.807, 2.05) is 12.1 Å². The minimum absolute atomic E-state index is 0.0528. The van der Waals surface area contributed by atoms with Crippen LogP contribution in [0.5, 0.6) is 0 Å². The number of primary sulfonamides is 1. The SMILES string of the molecule is COC1CCCN(c2ccc(NS(=O)(=O)c3ccc(S(N)(=O)=O)cc3)cc2)C1. The summed E-state index contributed by atoms with van der Waals surface area (Å²) in [5.74, 6) is 0. The average Bonchev–Trinajstić information content (AvgIpc) is 2.68. The van der Waals surface area contributed by atoms with E-state index in [4.69, 9.17) is 9.88 Å². The summed E-state index contributed by atoms with van der Waals surface area (Å²) in [6, 6.07) is 11.8. The standard InChI is InChI=1S/C18H23N3O5S2/c1-26-16-3-2-12-21(13-16)15-6-4-14(5-7-15)20-28(24,25)18-10-8-17(9-11-18)27(19,22)23/h4-11,16,20H,2-3,12-13H2,1H3,(H2,19,22,23). The molecule has 1 atom stereocenters. The highest BCUT2D eigenvalue weighted by Crippen LogP contribution is 2.24. The Hall–Kier alpha value is -2.14. The summed E-state index contributed by atoms with van der Waals surface area (Å²) in [7, 11) is -6.01. The molecule has 0 aromatic heterocycles. The van der Waals surface area contributed by atoms with E-state index in [1.54, 1.807) is 19.2 Å². The summed E-state index contributed by atoms with van der Waals surface area (Å²) >= 11 is 0. The molecular formula is C18H23N3O5S2. The molecule has 2 aromatic rings. The first kappa shape index (κ1) is 20.6. The quantitative estimate of drug-likeness (QED) is 0.728. The molecule has 0 bridgehead atoms. The lowest BCUT2D eigenvalue weighted by Crippen LogP contribution is -2.39. The Balaban J connectivity index is 1.72. The van der Waals surface area contributed by atoms with Gasteiger partial charge in [0.25, 0.3) is 10.0 Å². The normalized spacial score (nSPS) is 18.1. The Bertz CT molecular complexity index is 1020. The molecule has 0 saturated carbocycles. The summed E-state index contributed by atoms with van der Waals surface area (Å²) < 4.78 is 55.5. The number of methoxy groups -OCH3 is 1.